The number of para-hydroxylation sites is 3. The molecule has 0 radical (unpaired) electrons. The fraction of sp³-hybridized carbons (Fsp3) is 0.107. The molecule has 4 aromatic rings. The number of anilines is 1. The van der Waals surface area contributed by atoms with Crippen molar-refractivity contribution >= 4 is 34.3 Å². The number of nitrogens with zero attached hydrogens (tertiary/aromatic N) is 1. The Morgan fingerprint density at radius 2 is 1.57 bits per heavy atom. The fourth-order valence-corrected chi connectivity index (χ4v) is 4.29. The van der Waals surface area contributed by atoms with E-state index in [0.29, 0.717) is 22.7 Å². The molecule has 7 nitrogen and oxygen atoms in total. The van der Waals surface area contributed by atoms with Crippen molar-refractivity contribution in [3.05, 3.63) is 103 Å². The number of hydrogen-bond donors (Lipinski definition) is 2. The fourth-order valence-electron chi connectivity index (χ4n) is 4.29. The molecule has 1 saturated heterocycles. The predicted molar refractivity (Wildman–Crippen MR) is 133 cm³/mol. The number of urea groups is 1. The van der Waals surface area contributed by atoms with Crippen LogP contribution in [0, 0.1) is 0 Å². The van der Waals surface area contributed by atoms with Crippen LogP contribution in [0.25, 0.3) is 10.8 Å². The van der Waals surface area contributed by atoms with Gasteiger partial charge in [-0.05, 0) is 47.5 Å². The second kappa shape index (κ2) is 8.95. The number of carbonyl (C=O) groups excluding carboxylic acids is 3. The van der Waals surface area contributed by atoms with E-state index in [9.17, 15) is 14.4 Å². The number of benzene rings is 4. The Morgan fingerprint density at radius 1 is 0.886 bits per heavy atom. The summed E-state index contributed by atoms with van der Waals surface area (Å²) in [6.07, 6.45) is 0. The van der Waals surface area contributed by atoms with Gasteiger partial charge in [0.2, 0.25) is 5.91 Å². The van der Waals surface area contributed by atoms with Crippen LogP contribution in [0.2, 0.25) is 0 Å². The first kappa shape index (κ1) is 22.2. The number of ether oxygens (including phenoxy) is 1. The molecular weight excluding hydrogens is 442 g/mol. The number of fused-ring (bicyclic) bond motifs is 1. The van der Waals surface area contributed by atoms with E-state index in [4.69, 9.17) is 4.74 Å². The number of imide groups is 1. The lowest BCUT2D eigenvalue weighted by atomic mass is 9.88. The first-order valence-electron chi connectivity index (χ1n) is 11.2. The summed E-state index contributed by atoms with van der Waals surface area (Å²) in [4.78, 5) is 40.0. The van der Waals surface area contributed by atoms with Crippen molar-refractivity contribution in [3.63, 3.8) is 0 Å². The largest absolute Gasteiger partial charge is 0.455 e. The molecule has 7 heteroatoms. The van der Waals surface area contributed by atoms with Gasteiger partial charge in [-0.15, -0.1) is 0 Å². The molecule has 1 aliphatic heterocycles. The number of carbonyl (C=O) groups is 3. The smallest absolute Gasteiger partial charge is 0.325 e. The summed E-state index contributed by atoms with van der Waals surface area (Å²) < 4.78 is 5.88. The SMILES string of the molecule is CC1(c2cccc3ccccc23)NC(=O)N(CC(=O)Nc2ccccc2Oc2ccccc2)C1=O. The predicted octanol–water partition coefficient (Wildman–Crippen LogP) is 5.04. The van der Waals surface area contributed by atoms with Crippen LogP contribution in [-0.4, -0.2) is 29.3 Å². The molecule has 4 amide bonds. The molecule has 1 aliphatic rings. The average molecular weight is 466 g/mol. The van der Waals surface area contributed by atoms with Crippen LogP contribution in [0.15, 0.2) is 97.1 Å². The van der Waals surface area contributed by atoms with Crippen LogP contribution in [0.3, 0.4) is 0 Å². The molecule has 1 atom stereocenters. The van der Waals surface area contributed by atoms with Gasteiger partial charge in [0.25, 0.3) is 5.91 Å². The first-order chi connectivity index (χ1) is 17.0. The Kier molecular flexibility index (Phi) is 5.66. The van der Waals surface area contributed by atoms with Gasteiger partial charge in [0.05, 0.1) is 5.69 Å². The third kappa shape index (κ3) is 4.19. The monoisotopic (exact) mass is 465 g/mol. The minimum atomic E-state index is -1.29. The summed E-state index contributed by atoms with van der Waals surface area (Å²) in [6.45, 7) is 1.24. The highest BCUT2D eigenvalue weighted by atomic mass is 16.5. The molecule has 0 bridgehead atoms. The van der Waals surface area contributed by atoms with Crippen molar-refractivity contribution in [2.24, 2.45) is 0 Å². The second-order valence-electron chi connectivity index (χ2n) is 8.43. The Morgan fingerprint density at radius 3 is 2.40 bits per heavy atom. The van der Waals surface area contributed by atoms with Crippen molar-refractivity contribution in [2.45, 2.75) is 12.5 Å². The lowest BCUT2D eigenvalue weighted by molar-refractivity contribution is -0.133. The molecule has 1 unspecified atom stereocenters. The molecule has 5 rings (SSSR count). The molecular formula is C28H23N3O4. The van der Waals surface area contributed by atoms with Crippen molar-refractivity contribution in [1.82, 2.24) is 10.2 Å². The van der Waals surface area contributed by atoms with Crippen LogP contribution in [0.1, 0.15) is 12.5 Å². The van der Waals surface area contributed by atoms with Gasteiger partial charge < -0.3 is 15.4 Å². The molecule has 0 saturated carbocycles. The van der Waals surface area contributed by atoms with Crippen molar-refractivity contribution in [1.29, 1.82) is 0 Å². The molecule has 1 fully saturated rings. The van der Waals surface area contributed by atoms with Gasteiger partial charge in [-0.25, -0.2) is 4.79 Å². The van der Waals surface area contributed by atoms with Crippen molar-refractivity contribution < 1.29 is 19.1 Å². The van der Waals surface area contributed by atoms with E-state index in [2.05, 4.69) is 10.6 Å². The lowest BCUT2D eigenvalue weighted by Crippen LogP contribution is -2.42. The minimum absolute atomic E-state index is 0.426. The lowest BCUT2D eigenvalue weighted by Gasteiger charge is -2.24. The van der Waals surface area contributed by atoms with E-state index in [1.165, 1.54) is 0 Å². The van der Waals surface area contributed by atoms with Gasteiger partial charge in [0.1, 0.15) is 17.8 Å². The van der Waals surface area contributed by atoms with E-state index in [0.717, 1.165) is 15.7 Å². The zero-order valence-electron chi connectivity index (χ0n) is 19.0. The standard InChI is InChI=1S/C28H23N3O4/c1-28(22-15-9-11-19-10-5-6-14-21(19)22)26(33)31(27(34)30-28)18-25(32)29-23-16-7-8-17-24(23)35-20-12-3-2-4-13-20/h2-17H,18H2,1H3,(H,29,32)(H,30,34). The molecule has 2 N–H and O–H groups in total. The van der Waals surface area contributed by atoms with Crippen LogP contribution >= 0.6 is 0 Å². The maximum atomic E-state index is 13.4. The van der Waals surface area contributed by atoms with Crippen LogP contribution in [0.5, 0.6) is 11.5 Å². The number of amides is 4. The maximum Gasteiger partial charge on any atom is 0.325 e. The van der Waals surface area contributed by atoms with E-state index in [1.54, 1.807) is 43.3 Å². The van der Waals surface area contributed by atoms with Gasteiger partial charge >= 0.3 is 6.03 Å². The second-order valence-corrected chi connectivity index (χ2v) is 8.43. The zero-order valence-corrected chi connectivity index (χ0v) is 19.0. The van der Waals surface area contributed by atoms with E-state index in [-0.39, 0.29) is 0 Å². The molecule has 0 aromatic heterocycles. The highest BCUT2D eigenvalue weighted by molar-refractivity contribution is 6.11. The summed E-state index contributed by atoms with van der Waals surface area (Å²) in [5.74, 6) is 0.0709. The van der Waals surface area contributed by atoms with Crippen LogP contribution in [0.4, 0.5) is 10.5 Å². The van der Waals surface area contributed by atoms with Gasteiger partial charge in [0, 0.05) is 0 Å². The summed E-state index contributed by atoms with van der Waals surface area (Å²) in [6, 6.07) is 28.8. The van der Waals surface area contributed by atoms with E-state index < -0.39 is 29.9 Å². The molecule has 35 heavy (non-hydrogen) atoms. The Labute approximate surface area is 202 Å². The Balaban J connectivity index is 1.35. The summed E-state index contributed by atoms with van der Waals surface area (Å²) in [5, 5.41) is 7.37. The highest BCUT2D eigenvalue weighted by Crippen LogP contribution is 2.34. The van der Waals surface area contributed by atoms with Gasteiger partial charge in [-0.2, -0.15) is 0 Å². The van der Waals surface area contributed by atoms with E-state index in [1.807, 2.05) is 60.7 Å². The summed E-state index contributed by atoms with van der Waals surface area (Å²) in [7, 11) is 0. The third-order valence-corrected chi connectivity index (χ3v) is 6.04. The summed E-state index contributed by atoms with van der Waals surface area (Å²) >= 11 is 0. The Bertz CT molecular complexity index is 1430. The van der Waals surface area contributed by atoms with Gasteiger partial charge in [-0.1, -0.05) is 72.8 Å². The third-order valence-electron chi connectivity index (χ3n) is 6.04. The van der Waals surface area contributed by atoms with E-state index >= 15 is 0 Å². The van der Waals surface area contributed by atoms with Crippen LogP contribution < -0.4 is 15.4 Å². The Hall–Kier alpha value is -4.65. The van der Waals surface area contributed by atoms with Gasteiger partial charge in [-0.3, -0.25) is 14.5 Å². The maximum absolute atomic E-state index is 13.4. The first-order valence-corrected chi connectivity index (χ1v) is 11.2. The average Bonchev–Trinajstić information content (AvgIpc) is 3.09. The molecule has 0 spiro atoms. The number of hydrogen-bond acceptors (Lipinski definition) is 4. The quantitative estimate of drug-likeness (QED) is 0.391. The number of rotatable bonds is 6. The minimum Gasteiger partial charge on any atom is -0.455 e. The number of nitrogens with one attached hydrogen (secondary N) is 2. The van der Waals surface area contributed by atoms with Crippen LogP contribution in [-0.2, 0) is 15.1 Å². The molecule has 4 aromatic carbocycles. The van der Waals surface area contributed by atoms with Crippen molar-refractivity contribution in [2.75, 3.05) is 11.9 Å². The van der Waals surface area contributed by atoms with Gasteiger partial charge in [0.15, 0.2) is 5.75 Å². The molecule has 0 aliphatic carbocycles. The zero-order chi connectivity index (χ0) is 24.4. The molecule has 1 heterocycles. The normalized spacial score (nSPS) is 17.3. The topological polar surface area (TPSA) is 87.7 Å². The molecule has 174 valence electrons. The highest BCUT2D eigenvalue weighted by Gasteiger charge is 2.50. The summed E-state index contributed by atoms with van der Waals surface area (Å²) in [5.41, 5.74) is -0.171. The van der Waals surface area contributed by atoms with Crippen molar-refractivity contribution in [3.8, 4) is 11.5 Å².